The molecule has 0 aliphatic heterocycles. The Bertz CT molecular complexity index is 436. The molecule has 1 unspecified atom stereocenters. The van der Waals surface area contributed by atoms with E-state index in [1.165, 1.54) is 12.1 Å². The predicted molar refractivity (Wildman–Crippen MR) is 62.2 cm³/mol. The van der Waals surface area contributed by atoms with Gasteiger partial charge < -0.3 is 4.79 Å². The minimum absolute atomic E-state index is 0.224. The fourth-order valence-corrected chi connectivity index (χ4v) is 2.32. The van der Waals surface area contributed by atoms with E-state index in [-0.39, 0.29) is 10.8 Å². The van der Waals surface area contributed by atoms with E-state index in [2.05, 4.69) is 15.9 Å². The predicted octanol–water partition coefficient (Wildman–Crippen LogP) is 1.77. The van der Waals surface area contributed by atoms with Crippen LogP contribution in [0.25, 0.3) is 0 Å². The van der Waals surface area contributed by atoms with Gasteiger partial charge in [0, 0.05) is 17.5 Å². The van der Waals surface area contributed by atoms with Crippen molar-refractivity contribution >= 4 is 32.1 Å². The summed E-state index contributed by atoms with van der Waals surface area (Å²) in [6.07, 6.45) is 1.99. The van der Waals surface area contributed by atoms with Gasteiger partial charge in [0.1, 0.15) is 6.29 Å². The maximum absolute atomic E-state index is 11.2. The first-order valence-electron chi connectivity index (χ1n) is 4.30. The number of carbonyl (C=O) groups is 1. The third kappa shape index (κ3) is 3.14. The molecule has 0 fully saturated rings. The van der Waals surface area contributed by atoms with Crippen LogP contribution < -0.4 is 0 Å². The normalized spacial score (nSPS) is 13.5. The van der Waals surface area contributed by atoms with Crippen LogP contribution in [-0.2, 0) is 14.6 Å². The van der Waals surface area contributed by atoms with Crippen molar-refractivity contribution in [2.24, 2.45) is 0 Å². The van der Waals surface area contributed by atoms with Crippen LogP contribution in [0.3, 0.4) is 0 Å². The zero-order valence-corrected chi connectivity index (χ0v) is 10.6. The Hall–Kier alpha value is -0.680. The summed E-state index contributed by atoms with van der Waals surface area (Å²) in [5.74, 6) is -0.224. The molecule has 15 heavy (non-hydrogen) atoms. The van der Waals surface area contributed by atoms with E-state index in [1.807, 2.05) is 0 Å². The highest BCUT2D eigenvalue weighted by atomic mass is 79.9. The zero-order valence-electron chi connectivity index (χ0n) is 8.18. The van der Waals surface area contributed by atoms with E-state index in [0.717, 1.165) is 18.1 Å². The van der Waals surface area contributed by atoms with Crippen molar-refractivity contribution in [3.63, 3.8) is 0 Å². The zero-order chi connectivity index (χ0) is 11.5. The molecule has 0 bridgehead atoms. The van der Waals surface area contributed by atoms with E-state index in [4.69, 9.17) is 0 Å². The molecule has 0 spiro atoms. The molecule has 0 aliphatic carbocycles. The SMILES string of the molecule is CS(=O)(=O)c1ccc(C(C=O)CBr)cc1. The number of hydrogen-bond acceptors (Lipinski definition) is 3. The summed E-state index contributed by atoms with van der Waals surface area (Å²) in [6, 6.07) is 6.36. The second kappa shape index (κ2) is 4.90. The van der Waals surface area contributed by atoms with Gasteiger partial charge in [0.25, 0.3) is 0 Å². The quantitative estimate of drug-likeness (QED) is 0.627. The Morgan fingerprint density at radius 2 is 1.87 bits per heavy atom. The third-order valence-corrected chi connectivity index (χ3v) is 3.89. The maximum atomic E-state index is 11.2. The lowest BCUT2D eigenvalue weighted by Gasteiger charge is -2.07. The average molecular weight is 291 g/mol. The summed E-state index contributed by atoms with van der Waals surface area (Å²) in [5, 5.41) is 0.536. The molecule has 0 aliphatic rings. The average Bonchev–Trinajstić information content (AvgIpc) is 2.19. The summed E-state index contributed by atoms with van der Waals surface area (Å²) in [6.45, 7) is 0. The Morgan fingerprint density at radius 1 is 1.33 bits per heavy atom. The standard InChI is InChI=1S/C10H11BrO3S/c1-15(13,14)10-4-2-8(3-5-10)9(6-11)7-12/h2-5,7,9H,6H2,1H3. The topological polar surface area (TPSA) is 51.2 Å². The molecule has 0 saturated carbocycles. The van der Waals surface area contributed by atoms with Gasteiger partial charge in [-0.25, -0.2) is 8.42 Å². The first-order valence-corrected chi connectivity index (χ1v) is 7.31. The van der Waals surface area contributed by atoms with Crippen molar-refractivity contribution in [2.45, 2.75) is 10.8 Å². The van der Waals surface area contributed by atoms with Gasteiger partial charge >= 0.3 is 0 Å². The lowest BCUT2D eigenvalue weighted by molar-refractivity contribution is -0.108. The lowest BCUT2D eigenvalue weighted by atomic mass is 10.0. The molecule has 5 heteroatoms. The van der Waals surface area contributed by atoms with Crippen LogP contribution in [0.15, 0.2) is 29.2 Å². The van der Waals surface area contributed by atoms with Crippen molar-refractivity contribution in [3.8, 4) is 0 Å². The van der Waals surface area contributed by atoms with Crippen LogP contribution in [0, 0.1) is 0 Å². The van der Waals surface area contributed by atoms with Crippen molar-refractivity contribution in [1.82, 2.24) is 0 Å². The summed E-state index contributed by atoms with van der Waals surface area (Å²) in [7, 11) is -3.16. The van der Waals surface area contributed by atoms with Gasteiger partial charge in [-0.2, -0.15) is 0 Å². The van der Waals surface area contributed by atoms with Crippen molar-refractivity contribution in [3.05, 3.63) is 29.8 Å². The molecule has 1 rings (SSSR count). The molecule has 1 atom stereocenters. The third-order valence-electron chi connectivity index (χ3n) is 2.07. The number of halogens is 1. The van der Waals surface area contributed by atoms with Gasteiger partial charge in [-0.15, -0.1) is 0 Å². The monoisotopic (exact) mass is 290 g/mol. The van der Waals surface area contributed by atoms with E-state index >= 15 is 0 Å². The number of hydrogen-bond donors (Lipinski definition) is 0. The van der Waals surface area contributed by atoms with Crippen LogP contribution in [0.2, 0.25) is 0 Å². The van der Waals surface area contributed by atoms with Crippen LogP contribution >= 0.6 is 15.9 Å². The highest BCUT2D eigenvalue weighted by molar-refractivity contribution is 9.09. The molecule has 3 nitrogen and oxygen atoms in total. The van der Waals surface area contributed by atoms with E-state index in [9.17, 15) is 13.2 Å². The minimum atomic E-state index is -3.16. The van der Waals surface area contributed by atoms with Crippen LogP contribution in [0.4, 0.5) is 0 Å². The maximum Gasteiger partial charge on any atom is 0.175 e. The van der Waals surface area contributed by atoms with Gasteiger partial charge in [0.2, 0.25) is 0 Å². The number of carbonyl (C=O) groups excluding carboxylic acids is 1. The number of sulfone groups is 1. The van der Waals surface area contributed by atoms with Crippen molar-refractivity contribution in [2.75, 3.05) is 11.6 Å². The molecule has 0 heterocycles. The van der Waals surface area contributed by atoms with E-state index < -0.39 is 9.84 Å². The fourth-order valence-electron chi connectivity index (χ4n) is 1.17. The molecule has 0 aromatic heterocycles. The number of aldehydes is 1. The first kappa shape index (κ1) is 12.4. The molecule has 0 saturated heterocycles. The second-order valence-electron chi connectivity index (χ2n) is 3.24. The molecular formula is C10H11BrO3S. The molecule has 82 valence electrons. The molecule has 0 amide bonds. The highest BCUT2D eigenvalue weighted by Gasteiger charge is 2.11. The number of benzene rings is 1. The second-order valence-corrected chi connectivity index (χ2v) is 5.90. The molecular weight excluding hydrogens is 280 g/mol. The van der Waals surface area contributed by atoms with Gasteiger partial charge in [-0.05, 0) is 17.7 Å². The van der Waals surface area contributed by atoms with E-state index in [0.29, 0.717) is 5.33 Å². The van der Waals surface area contributed by atoms with Gasteiger partial charge in [0.05, 0.1) is 4.90 Å². The van der Waals surface area contributed by atoms with Gasteiger partial charge in [-0.3, -0.25) is 0 Å². The molecule has 1 aromatic rings. The molecule has 0 radical (unpaired) electrons. The summed E-state index contributed by atoms with van der Waals surface area (Å²) in [5.41, 5.74) is 0.814. The lowest BCUT2D eigenvalue weighted by Crippen LogP contribution is -2.02. The van der Waals surface area contributed by atoms with Gasteiger partial charge in [-0.1, -0.05) is 28.1 Å². The number of rotatable bonds is 4. The van der Waals surface area contributed by atoms with E-state index in [1.54, 1.807) is 12.1 Å². The van der Waals surface area contributed by atoms with Gasteiger partial charge in [0.15, 0.2) is 9.84 Å². The van der Waals surface area contributed by atoms with Crippen LogP contribution in [0.5, 0.6) is 0 Å². The molecule has 0 N–H and O–H groups in total. The molecule has 1 aromatic carbocycles. The smallest absolute Gasteiger partial charge is 0.175 e. The largest absolute Gasteiger partial charge is 0.303 e. The summed E-state index contributed by atoms with van der Waals surface area (Å²) in [4.78, 5) is 10.9. The van der Waals surface area contributed by atoms with Crippen molar-refractivity contribution in [1.29, 1.82) is 0 Å². The highest BCUT2D eigenvalue weighted by Crippen LogP contribution is 2.18. The summed E-state index contributed by atoms with van der Waals surface area (Å²) < 4.78 is 22.3. The summed E-state index contributed by atoms with van der Waals surface area (Å²) >= 11 is 3.22. The Labute approximate surface area is 97.5 Å². The fraction of sp³-hybridized carbons (Fsp3) is 0.300. The Kier molecular flexibility index (Phi) is 4.04. The van der Waals surface area contributed by atoms with Crippen molar-refractivity contribution < 1.29 is 13.2 Å². The number of alkyl halides is 1. The van der Waals surface area contributed by atoms with Crippen LogP contribution in [0.1, 0.15) is 11.5 Å². The minimum Gasteiger partial charge on any atom is -0.303 e. The van der Waals surface area contributed by atoms with Crippen LogP contribution in [-0.4, -0.2) is 26.3 Å². The Morgan fingerprint density at radius 3 is 2.20 bits per heavy atom. The Balaban J connectivity index is 3.05. The first-order chi connectivity index (χ1) is 6.99.